The zero-order valence-corrected chi connectivity index (χ0v) is 6.29. The fraction of sp³-hybridized carbons (Fsp3) is 0.286. The maximum atomic E-state index is 12.0. The van der Waals surface area contributed by atoms with Gasteiger partial charge in [-0.05, 0) is 0 Å². The number of nitrogens with zero attached hydrogens (tertiary/aromatic N) is 1. The molecule has 5 heteroatoms. The number of pyridine rings is 1. The van der Waals surface area contributed by atoms with Gasteiger partial charge >= 0.3 is 0 Å². The summed E-state index contributed by atoms with van der Waals surface area (Å²) in [4.78, 5) is 3.32. The van der Waals surface area contributed by atoms with Crippen molar-refractivity contribution in [1.82, 2.24) is 4.98 Å². The maximum Gasteiger partial charge on any atom is 0.284 e. The van der Waals surface area contributed by atoms with Crippen molar-refractivity contribution in [2.45, 2.75) is 6.43 Å². The Bertz CT molecular complexity index is 278. The Kier molecular flexibility index (Phi) is 2.42. The molecule has 0 saturated carbocycles. The third kappa shape index (κ3) is 1.61. The first-order chi connectivity index (χ1) is 5.65. The number of alkyl halides is 2. The SMILES string of the molecule is COc1cnc(C(F)F)c(O)c1. The van der Waals surface area contributed by atoms with Crippen LogP contribution in [0.4, 0.5) is 8.78 Å². The zero-order valence-electron chi connectivity index (χ0n) is 6.29. The van der Waals surface area contributed by atoms with E-state index in [1.807, 2.05) is 0 Å². The molecule has 66 valence electrons. The Morgan fingerprint density at radius 1 is 1.58 bits per heavy atom. The Hall–Kier alpha value is -1.39. The van der Waals surface area contributed by atoms with Gasteiger partial charge in [-0.3, -0.25) is 0 Å². The number of hydrogen-bond donors (Lipinski definition) is 1. The molecule has 0 unspecified atom stereocenters. The van der Waals surface area contributed by atoms with E-state index in [-0.39, 0.29) is 5.75 Å². The lowest BCUT2D eigenvalue weighted by molar-refractivity contribution is 0.141. The van der Waals surface area contributed by atoms with Crippen molar-refractivity contribution in [1.29, 1.82) is 0 Å². The van der Waals surface area contributed by atoms with Crippen LogP contribution in [0.15, 0.2) is 12.3 Å². The van der Waals surface area contributed by atoms with E-state index < -0.39 is 17.9 Å². The first-order valence-electron chi connectivity index (χ1n) is 3.16. The van der Waals surface area contributed by atoms with Crippen LogP contribution >= 0.6 is 0 Å². The molecule has 0 amide bonds. The summed E-state index contributed by atoms with van der Waals surface area (Å²) in [7, 11) is 1.36. The molecule has 1 aromatic heterocycles. The predicted octanol–water partition coefficient (Wildman–Crippen LogP) is 1.73. The topological polar surface area (TPSA) is 42.4 Å². The number of aromatic hydroxyl groups is 1. The molecule has 1 aromatic rings. The Morgan fingerprint density at radius 2 is 2.25 bits per heavy atom. The minimum Gasteiger partial charge on any atom is -0.506 e. The first-order valence-corrected chi connectivity index (χ1v) is 3.16. The van der Waals surface area contributed by atoms with Gasteiger partial charge in [0.1, 0.15) is 17.2 Å². The van der Waals surface area contributed by atoms with Crippen molar-refractivity contribution < 1.29 is 18.6 Å². The fourth-order valence-corrected chi connectivity index (χ4v) is 0.725. The Labute approximate surface area is 67.6 Å². The molecule has 0 fully saturated rings. The summed E-state index contributed by atoms with van der Waals surface area (Å²) >= 11 is 0. The lowest BCUT2D eigenvalue weighted by atomic mass is 10.3. The summed E-state index contributed by atoms with van der Waals surface area (Å²) in [6.07, 6.45) is -1.64. The van der Waals surface area contributed by atoms with Gasteiger partial charge in [-0.15, -0.1) is 0 Å². The molecule has 1 rings (SSSR count). The summed E-state index contributed by atoms with van der Waals surface area (Å²) in [5, 5.41) is 8.97. The molecule has 0 bridgehead atoms. The number of hydrogen-bond acceptors (Lipinski definition) is 3. The van der Waals surface area contributed by atoms with E-state index >= 15 is 0 Å². The van der Waals surface area contributed by atoms with E-state index in [2.05, 4.69) is 9.72 Å². The third-order valence-electron chi connectivity index (χ3n) is 1.31. The molecule has 0 aromatic carbocycles. The van der Waals surface area contributed by atoms with Gasteiger partial charge in [-0.2, -0.15) is 0 Å². The summed E-state index contributed by atoms with van der Waals surface area (Å²) in [6, 6.07) is 1.09. The van der Waals surface area contributed by atoms with Crippen molar-refractivity contribution >= 4 is 0 Å². The fourth-order valence-electron chi connectivity index (χ4n) is 0.725. The molecule has 0 aliphatic carbocycles. The van der Waals surface area contributed by atoms with Crippen LogP contribution in [0.2, 0.25) is 0 Å². The van der Waals surface area contributed by atoms with Crippen LogP contribution in [0.5, 0.6) is 11.5 Å². The lowest BCUT2D eigenvalue weighted by Crippen LogP contribution is -1.92. The average molecular weight is 175 g/mol. The van der Waals surface area contributed by atoms with Crippen LogP contribution in [0.1, 0.15) is 12.1 Å². The number of aromatic nitrogens is 1. The largest absolute Gasteiger partial charge is 0.506 e. The molecule has 0 atom stereocenters. The highest BCUT2D eigenvalue weighted by atomic mass is 19.3. The number of rotatable bonds is 2. The van der Waals surface area contributed by atoms with E-state index in [0.29, 0.717) is 0 Å². The molecule has 3 nitrogen and oxygen atoms in total. The van der Waals surface area contributed by atoms with Crippen molar-refractivity contribution in [3.05, 3.63) is 18.0 Å². The van der Waals surface area contributed by atoms with Gasteiger partial charge < -0.3 is 9.84 Å². The van der Waals surface area contributed by atoms with E-state index in [0.717, 1.165) is 12.3 Å². The number of methoxy groups -OCH3 is 1. The third-order valence-corrected chi connectivity index (χ3v) is 1.31. The van der Waals surface area contributed by atoms with Crippen LogP contribution in [0.25, 0.3) is 0 Å². The summed E-state index contributed by atoms with van der Waals surface area (Å²) < 4.78 is 28.7. The Morgan fingerprint density at radius 3 is 2.67 bits per heavy atom. The van der Waals surface area contributed by atoms with Crippen molar-refractivity contribution in [3.8, 4) is 11.5 Å². The van der Waals surface area contributed by atoms with E-state index in [1.165, 1.54) is 7.11 Å². The summed E-state index contributed by atoms with van der Waals surface area (Å²) in [5.41, 5.74) is -0.629. The molecule has 12 heavy (non-hydrogen) atoms. The molecule has 1 heterocycles. The zero-order chi connectivity index (χ0) is 9.14. The minimum atomic E-state index is -2.77. The second-order valence-corrected chi connectivity index (χ2v) is 2.08. The van der Waals surface area contributed by atoms with Crippen LogP contribution in [-0.4, -0.2) is 17.2 Å². The van der Waals surface area contributed by atoms with Gasteiger partial charge in [0, 0.05) is 6.07 Å². The van der Waals surface area contributed by atoms with Crippen LogP contribution in [-0.2, 0) is 0 Å². The van der Waals surface area contributed by atoms with Gasteiger partial charge in [0.15, 0.2) is 0 Å². The van der Waals surface area contributed by atoms with E-state index in [4.69, 9.17) is 5.11 Å². The van der Waals surface area contributed by atoms with Gasteiger partial charge in [-0.25, -0.2) is 13.8 Å². The minimum absolute atomic E-state index is 0.247. The molecule has 0 spiro atoms. The van der Waals surface area contributed by atoms with Crippen LogP contribution in [0, 0.1) is 0 Å². The van der Waals surface area contributed by atoms with Crippen LogP contribution < -0.4 is 4.74 Å². The maximum absolute atomic E-state index is 12.0. The lowest BCUT2D eigenvalue weighted by Gasteiger charge is -2.03. The average Bonchev–Trinajstić information content (AvgIpc) is 2.03. The molecular weight excluding hydrogens is 168 g/mol. The monoisotopic (exact) mass is 175 g/mol. The normalized spacial score (nSPS) is 10.3. The second kappa shape index (κ2) is 3.34. The molecular formula is C7H7F2NO2. The quantitative estimate of drug-likeness (QED) is 0.744. The molecule has 1 N–H and O–H groups in total. The first kappa shape index (κ1) is 8.70. The number of halogens is 2. The van der Waals surface area contributed by atoms with E-state index in [1.54, 1.807) is 0 Å². The van der Waals surface area contributed by atoms with Gasteiger partial charge in [0.2, 0.25) is 0 Å². The van der Waals surface area contributed by atoms with Gasteiger partial charge in [0.25, 0.3) is 6.43 Å². The van der Waals surface area contributed by atoms with Crippen molar-refractivity contribution in [2.75, 3.05) is 7.11 Å². The van der Waals surface area contributed by atoms with Crippen LogP contribution in [0.3, 0.4) is 0 Å². The van der Waals surface area contributed by atoms with Gasteiger partial charge in [-0.1, -0.05) is 0 Å². The second-order valence-electron chi connectivity index (χ2n) is 2.08. The number of ether oxygens (including phenoxy) is 1. The summed E-state index contributed by atoms with van der Waals surface area (Å²) in [5.74, 6) is -0.304. The predicted molar refractivity (Wildman–Crippen MR) is 37.4 cm³/mol. The van der Waals surface area contributed by atoms with E-state index in [9.17, 15) is 8.78 Å². The standard InChI is InChI=1S/C7H7F2NO2/c1-12-4-2-5(11)6(7(8)9)10-3-4/h2-3,7,11H,1H3. The van der Waals surface area contributed by atoms with Crippen molar-refractivity contribution in [2.24, 2.45) is 0 Å². The molecule has 0 radical (unpaired) electrons. The smallest absolute Gasteiger partial charge is 0.284 e. The Balaban J connectivity index is 3.03. The summed E-state index contributed by atoms with van der Waals surface area (Å²) in [6.45, 7) is 0. The van der Waals surface area contributed by atoms with Crippen molar-refractivity contribution in [3.63, 3.8) is 0 Å². The molecule has 0 aliphatic rings. The molecule has 0 aliphatic heterocycles. The highest BCUT2D eigenvalue weighted by Crippen LogP contribution is 2.28. The van der Waals surface area contributed by atoms with Gasteiger partial charge in [0.05, 0.1) is 13.3 Å². The molecule has 0 saturated heterocycles. The highest BCUT2D eigenvalue weighted by Gasteiger charge is 2.14. The highest BCUT2D eigenvalue weighted by molar-refractivity contribution is 5.34.